The van der Waals surface area contributed by atoms with Crippen molar-refractivity contribution in [3.63, 3.8) is 0 Å². The van der Waals surface area contributed by atoms with Gasteiger partial charge in [0.2, 0.25) is 5.70 Å². The molecule has 14 heavy (non-hydrogen) atoms. The van der Waals surface area contributed by atoms with Crippen molar-refractivity contribution in [2.24, 2.45) is 0 Å². The summed E-state index contributed by atoms with van der Waals surface area (Å²) in [6, 6.07) is 0. The molecule has 0 radical (unpaired) electrons. The monoisotopic (exact) mass is 199 g/mol. The van der Waals surface area contributed by atoms with Crippen molar-refractivity contribution in [3.8, 4) is 0 Å². The van der Waals surface area contributed by atoms with E-state index < -0.39 is 0 Å². The third-order valence-electron chi connectivity index (χ3n) is 2.11. The van der Waals surface area contributed by atoms with E-state index in [1.807, 2.05) is 0 Å². The van der Waals surface area contributed by atoms with Crippen molar-refractivity contribution >= 4 is 5.97 Å². The summed E-state index contributed by atoms with van der Waals surface area (Å²) < 4.78 is 9.46. The Hall–Kier alpha value is -1.19. The number of rotatable bonds is 7. The van der Waals surface area contributed by atoms with Crippen molar-refractivity contribution in [1.82, 2.24) is 5.32 Å². The van der Waals surface area contributed by atoms with E-state index in [-0.39, 0.29) is 5.97 Å². The van der Waals surface area contributed by atoms with E-state index >= 15 is 0 Å². The normalized spacial score (nSPS) is 14.9. The number of carbonyl (C=O) groups is 1. The van der Waals surface area contributed by atoms with Crippen LogP contribution in [0.2, 0.25) is 0 Å². The topological polar surface area (TPSA) is 47.6 Å². The quantitative estimate of drug-likeness (QED) is 0.499. The molecule has 0 fully saturated rings. The van der Waals surface area contributed by atoms with Crippen LogP contribution in [-0.2, 0) is 14.3 Å². The van der Waals surface area contributed by atoms with Crippen molar-refractivity contribution in [1.29, 1.82) is 0 Å². The molecule has 0 aliphatic carbocycles. The predicted octanol–water partition coefficient (Wildman–Crippen LogP) is 1.53. The Bertz CT molecular complexity index is 236. The first-order chi connectivity index (χ1) is 6.79. The van der Waals surface area contributed by atoms with Crippen LogP contribution in [-0.4, -0.2) is 19.6 Å². The number of hydrogen-bond acceptors (Lipinski definition) is 4. The summed E-state index contributed by atoms with van der Waals surface area (Å²) in [6.07, 6.45) is 4.71. The summed E-state index contributed by atoms with van der Waals surface area (Å²) >= 11 is 0. The van der Waals surface area contributed by atoms with Crippen LogP contribution in [0, 0.1) is 0 Å². The fourth-order valence-corrected chi connectivity index (χ4v) is 1.28. The molecule has 0 saturated heterocycles. The predicted molar refractivity (Wildman–Crippen MR) is 52.3 cm³/mol. The number of cyclic esters (lactones) is 1. The minimum Gasteiger partial charge on any atom is -0.467 e. The molecule has 0 amide bonds. The minimum atomic E-state index is -0.322. The second-order valence-corrected chi connectivity index (χ2v) is 3.24. The summed E-state index contributed by atoms with van der Waals surface area (Å²) in [6.45, 7) is 2.97. The highest BCUT2D eigenvalue weighted by Crippen LogP contribution is 2.18. The van der Waals surface area contributed by atoms with Gasteiger partial charge in [-0.15, -0.1) is 0 Å². The molecule has 0 bridgehead atoms. The lowest BCUT2D eigenvalue weighted by atomic mass is 10.2. The van der Waals surface area contributed by atoms with Gasteiger partial charge >= 0.3 is 11.9 Å². The van der Waals surface area contributed by atoms with Gasteiger partial charge in [0.15, 0.2) is 0 Å². The van der Waals surface area contributed by atoms with Gasteiger partial charge in [0, 0.05) is 6.54 Å². The summed E-state index contributed by atoms with van der Waals surface area (Å²) in [5.41, 5.74) is 0.476. The van der Waals surface area contributed by atoms with E-state index in [2.05, 4.69) is 17.0 Å². The smallest absolute Gasteiger partial charge is 0.369 e. The molecule has 0 saturated carbocycles. The van der Waals surface area contributed by atoms with Gasteiger partial charge in [0.05, 0.1) is 7.11 Å². The zero-order chi connectivity index (χ0) is 10.4. The zero-order valence-corrected chi connectivity index (χ0v) is 8.76. The van der Waals surface area contributed by atoms with E-state index in [0.717, 1.165) is 13.0 Å². The summed E-state index contributed by atoms with van der Waals surface area (Å²) in [5.74, 6) is -0.0113. The number of esters is 1. The Kier molecular flexibility index (Phi) is 4.29. The second kappa shape index (κ2) is 5.52. The van der Waals surface area contributed by atoms with Crippen LogP contribution < -0.4 is 5.32 Å². The highest BCUT2D eigenvalue weighted by atomic mass is 16.7. The fourth-order valence-electron chi connectivity index (χ4n) is 1.28. The van der Waals surface area contributed by atoms with Gasteiger partial charge in [-0.05, 0) is 6.42 Å². The molecule has 80 valence electrons. The minimum absolute atomic E-state index is 0.311. The van der Waals surface area contributed by atoms with Crippen molar-refractivity contribution in [2.45, 2.75) is 32.6 Å². The lowest BCUT2D eigenvalue weighted by Crippen LogP contribution is -2.33. The molecule has 1 aliphatic heterocycles. The molecule has 1 rings (SSSR count). The van der Waals surface area contributed by atoms with Gasteiger partial charge in [0.25, 0.3) is 0 Å². The fraction of sp³-hybridized carbons (Fsp3) is 0.700. The Morgan fingerprint density at radius 1 is 1.36 bits per heavy atom. The number of carbonyl (C=O) groups excluding carboxylic acids is 1. The molecular formula is C10H17NO3. The second-order valence-electron chi connectivity index (χ2n) is 3.24. The van der Waals surface area contributed by atoms with E-state index in [0.29, 0.717) is 11.6 Å². The van der Waals surface area contributed by atoms with Gasteiger partial charge < -0.3 is 14.8 Å². The maximum atomic E-state index is 10.9. The third-order valence-corrected chi connectivity index (χ3v) is 2.11. The number of hydrogen-bond donors (Lipinski definition) is 1. The van der Waals surface area contributed by atoms with Gasteiger partial charge in [-0.25, -0.2) is 4.79 Å². The standard InChI is InChI=1S/C10H17NO3/c1-3-4-5-6-7-11-8-9(12)14-10(8)13-2/h11H,3-7H2,1-2H3. The maximum Gasteiger partial charge on any atom is 0.369 e. The average Bonchev–Trinajstić information content (AvgIpc) is 2.19. The Morgan fingerprint density at radius 2 is 2.14 bits per heavy atom. The molecule has 0 atom stereocenters. The Balaban J connectivity index is 2.15. The summed E-state index contributed by atoms with van der Waals surface area (Å²) in [4.78, 5) is 10.9. The van der Waals surface area contributed by atoms with Crippen molar-refractivity contribution < 1.29 is 14.3 Å². The van der Waals surface area contributed by atoms with Gasteiger partial charge in [-0.2, -0.15) is 0 Å². The molecule has 0 aromatic carbocycles. The van der Waals surface area contributed by atoms with Crippen LogP contribution in [0.4, 0.5) is 0 Å². The molecule has 1 aliphatic rings. The van der Waals surface area contributed by atoms with Crippen LogP contribution in [0.25, 0.3) is 0 Å². The first-order valence-corrected chi connectivity index (χ1v) is 5.04. The molecule has 0 spiro atoms. The van der Waals surface area contributed by atoms with Gasteiger partial charge in [0.1, 0.15) is 0 Å². The Morgan fingerprint density at radius 3 is 2.71 bits per heavy atom. The first-order valence-electron chi connectivity index (χ1n) is 5.04. The van der Waals surface area contributed by atoms with Crippen LogP contribution in [0.5, 0.6) is 0 Å². The van der Waals surface area contributed by atoms with Gasteiger partial charge in [-0.1, -0.05) is 26.2 Å². The highest BCUT2D eigenvalue weighted by molar-refractivity contribution is 5.93. The lowest BCUT2D eigenvalue weighted by molar-refractivity contribution is -0.149. The van der Waals surface area contributed by atoms with Crippen molar-refractivity contribution in [2.75, 3.05) is 13.7 Å². The third kappa shape index (κ3) is 2.65. The number of methoxy groups -OCH3 is 1. The van der Waals surface area contributed by atoms with Crippen molar-refractivity contribution in [3.05, 3.63) is 11.6 Å². The van der Waals surface area contributed by atoms with Gasteiger partial charge in [-0.3, -0.25) is 0 Å². The summed E-state index contributed by atoms with van der Waals surface area (Å²) in [5, 5.41) is 3.01. The highest BCUT2D eigenvalue weighted by Gasteiger charge is 2.31. The molecular weight excluding hydrogens is 182 g/mol. The SMILES string of the molecule is CCCCCCNC1=C(OC)OC1=O. The molecule has 0 aromatic heterocycles. The summed E-state index contributed by atoms with van der Waals surface area (Å²) in [7, 11) is 1.49. The zero-order valence-electron chi connectivity index (χ0n) is 8.76. The molecule has 1 N–H and O–H groups in total. The van der Waals surface area contributed by atoms with Crippen LogP contribution in [0.3, 0.4) is 0 Å². The first kappa shape index (κ1) is 10.9. The van der Waals surface area contributed by atoms with Crippen LogP contribution in [0.1, 0.15) is 32.6 Å². The average molecular weight is 199 g/mol. The number of ether oxygens (including phenoxy) is 2. The van der Waals surface area contributed by atoms with Crippen LogP contribution in [0.15, 0.2) is 11.6 Å². The van der Waals surface area contributed by atoms with E-state index in [1.54, 1.807) is 0 Å². The molecule has 4 heteroatoms. The van der Waals surface area contributed by atoms with Crippen LogP contribution >= 0.6 is 0 Å². The van der Waals surface area contributed by atoms with E-state index in [4.69, 9.17) is 4.74 Å². The number of unbranched alkanes of at least 4 members (excludes halogenated alkanes) is 3. The van der Waals surface area contributed by atoms with E-state index in [9.17, 15) is 4.79 Å². The molecule has 4 nitrogen and oxygen atoms in total. The molecule has 0 aromatic rings. The number of nitrogens with one attached hydrogen (secondary N) is 1. The Labute approximate surface area is 84.3 Å². The molecule has 1 heterocycles. The van der Waals surface area contributed by atoms with E-state index in [1.165, 1.54) is 26.4 Å². The molecule has 0 unspecified atom stereocenters. The maximum absolute atomic E-state index is 10.9. The lowest BCUT2D eigenvalue weighted by Gasteiger charge is -2.20. The largest absolute Gasteiger partial charge is 0.467 e.